The fourth-order valence-electron chi connectivity index (χ4n) is 1.76. The molecule has 0 aromatic rings. The molecule has 1 aliphatic heterocycles. The first-order chi connectivity index (χ1) is 7.56. The number of rotatable bonds is 4. The predicted molar refractivity (Wildman–Crippen MR) is 66.4 cm³/mol. The van der Waals surface area contributed by atoms with Crippen LogP contribution in [-0.2, 0) is 9.59 Å². The SMILES string of the molecule is CCC(Br)C(=O)NC(C)C(=O)N1CCCC1. The Morgan fingerprint density at radius 3 is 2.44 bits per heavy atom. The van der Waals surface area contributed by atoms with Gasteiger partial charge in [-0.1, -0.05) is 22.9 Å². The lowest BCUT2D eigenvalue weighted by atomic mass is 10.2. The molecule has 1 saturated heterocycles. The summed E-state index contributed by atoms with van der Waals surface area (Å²) >= 11 is 3.27. The van der Waals surface area contributed by atoms with E-state index in [1.54, 1.807) is 6.92 Å². The number of alkyl halides is 1. The fraction of sp³-hybridized carbons (Fsp3) is 0.818. The van der Waals surface area contributed by atoms with Crippen molar-refractivity contribution in [2.45, 2.75) is 44.0 Å². The van der Waals surface area contributed by atoms with E-state index >= 15 is 0 Å². The Hall–Kier alpha value is -0.580. The Bertz CT molecular complexity index is 265. The van der Waals surface area contributed by atoms with E-state index in [0.29, 0.717) is 0 Å². The van der Waals surface area contributed by atoms with E-state index in [1.165, 1.54) is 0 Å². The van der Waals surface area contributed by atoms with Crippen molar-refractivity contribution >= 4 is 27.7 Å². The van der Waals surface area contributed by atoms with Crippen LogP contribution in [0.4, 0.5) is 0 Å². The molecule has 0 spiro atoms. The maximum atomic E-state index is 11.9. The number of likely N-dealkylation sites (tertiary alicyclic amines) is 1. The smallest absolute Gasteiger partial charge is 0.244 e. The average Bonchev–Trinajstić information content (AvgIpc) is 2.79. The third-order valence-electron chi connectivity index (χ3n) is 2.79. The minimum absolute atomic E-state index is 0.0293. The van der Waals surface area contributed by atoms with Crippen LogP contribution in [0.1, 0.15) is 33.1 Å². The molecule has 5 heteroatoms. The zero-order valence-electron chi connectivity index (χ0n) is 9.83. The summed E-state index contributed by atoms with van der Waals surface area (Å²) in [6, 6.07) is -0.419. The molecule has 1 fully saturated rings. The number of hydrogen-bond acceptors (Lipinski definition) is 2. The van der Waals surface area contributed by atoms with E-state index in [9.17, 15) is 9.59 Å². The van der Waals surface area contributed by atoms with Crippen molar-refractivity contribution in [3.8, 4) is 0 Å². The minimum atomic E-state index is -0.419. The molecule has 0 aliphatic carbocycles. The summed E-state index contributed by atoms with van der Waals surface area (Å²) in [6.45, 7) is 5.31. The number of amides is 2. The van der Waals surface area contributed by atoms with Gasteiger partial charge in [0.1, 0.15) is 6.04 Å². The van der Waals surface area contributed by atoms with Gasteiger partial charge in [-0.05, 0) is 26.2 Å². The van der Waals surface area contributed by atoms with E-state index in [0.717, 1.165) is 32.4 Å². The van der Waals surface area contributed by atoms with Crippen LogP contribution >= 0.6 is 15.9 Å². The molecular weight excluding hydrogens is 272 g/mol. The van der Waals surface area contributed by atoms with Gasteiger partial charge < -0.3 is 10.2 Å². The molecule has 2 atom stereocenters. The summed E-state index contributed by atoms with van der Waals surface area (Å²) < 4.78 is 0. The van der Waals surface area contributed by atoms with Gasteiger partial charge in [0.15, 0.2) is 0 Å². The van der Waals surface area contributed by atoms with Gasteiger partial charge in [0.2, 0.25) is 11.8 Å². The van der Waals surface area contributed by atoms with Gasteiger partial charge in [0, 0.05) is 13.1 Å². The zero-order chi connectivity index (χ0) is 12.1. The van der Waals surface area contributed by atoms with E-state index in [-0.39, 0.29) is 16.6 Å². The molecule has 16 heavy (non-hydrogen) atoms. The van der Waals surface area contributed by atoms with Crippen molar-refractivity contribution in [3.05, 3.63) is 0 Å². The molecule has 1 N–H and O–H groups in total. The lowest BCUT2D eigenvalue weighted by molar-refractivity contribution is -0.134. The fourth-order valence-corrected chi connectivity index (χ4v) is 1.89. The molecular formula is C11H19BrN2O2. The third-order valence-corrected chi connectivity index (χ3v) is 3.85. The molecule has 0 aromatic carbocycles. The molecule has 1 rings (SSSR count). The van der Waals surface area contributed by atoms with Gasteiger partial charge >= 0.3 is 0 Å². The second-order valence-electron chi connectivity index (χ2n) is 4.14. The summed E-state index contributed by atoms with van der Waals surface area (Å²) in [7, 11) is 0. The molecule has 4 nitrogen and oxygen atoms in total. The van der Waals surface area contributed by atoms with Crippen molar-refractivity contribution in [1.29, 1.82) is 0 Å². The maximum Gasteiger partial charge on any atom is 0.244 e. The lowest BCUT2D eigenvalue weighted by Gasteiger charge is -2.21. The number of carbonyl (C=O) groups is 2. The normalized spacial score (nSPS) is 19.3. The highest BCUT2D eigenvalue weighted by Gasteiger charge is 2.25. The van der Waals surface area contributed by atoms with E-state index in [4.69, 9.17) is 0 Å². The quantitative estimate of drug-likeness (QED) is 0.793. The monoisotopic (exact) mass is 290 g/mol. The van der Waals surface area contributed by atoms with Crippen LogP contribution in [0.5, 0.6) is 0 Å². The van der Waals surface area contributed by atoms with E-state index in [1.807, 2.05) is 11.8 Å². The standard InChI is InChI=1S/C11H19BrN2O2/c1-3-9(12)10(15)13-8(2)11(16)14-6-4-5-7-14/h8-9H,3-7H2,1-2H3,(H,13,15). The minimum Gasteiger partial charge on any atom is -0.344 e. The first kappa shape index (κ1) is 13.5. The van der Waals surface area contributed by atoms with Crippen LogP contribution in [0, 0.1) is 0 Å². The molecule has 0 aromatic heterocycles. The van der Waals surface area contributed by atoms with Gasteiger partial charge in [-0.3, -0.25) is 9.59 Å². The molecule has 2 unspecified atom stereocenters. The second-order valence-corrected chi connectivity index (χ2v) is 5.24. The number of halogens is 1. The number of nitrogens with zero attached hydrogens (tertiary/aromatic N) is 1. The molecule has 0 saturated carbocycles. The van der Waals surface area contributed by atoms with Crippen LogP contribution in [0.15, 0.2) is 0 Å². The highest BCUT2D eigenvalue weighted by atomic mass is 79.9. The average molecular weight is 291 g/mol. The molecule has 2 amide bonds. The Balaban J connectivity index is 2.41. The summed E-state index contributed by atoms with van der Waals surface area (Å²) in [5, 5.41) is 2.73. The van der Waals surface area contributed by atoms with Gasteiger partial charge in [0.05, 0.1) is 4.83 Å². The Morgan fingerprint density at radius 1 is 1.38 bits per heavy atom. The van der Waals surface area contributed by atoms with Gasteiger partial charge in [0.25, 0.3) is 0 Å². The molecule has 1 heterocycles. The third kappa shape index (κ3) is 3.47. The van der Waals surface area contributed by atoms with Crippen LogP contribution in [0.25, 0.3) is 0 Å². The summed E-state index contributed by atoms with van der Waals surface area (Å²) in [4.78, 5) is 25.1. The predicted octanol–water partition coefficient (Wildman–Crippen LogP) is 1.29. The van der Waals surface area contributed by atoms with Gasteiger partial charge in [-0.15, -0.1) is 0 Å². The summed E-state index contributed by atoms with van der Waals surface area (Å²) in [6.07, 6.45) is 2.86. The molecule has 0 radical (unpaired) electrons. The highest BCUT2D eigenvalue weighted by molar-refractivity contribution is 9.10. The maximum absolute atomic E-state index is 11.9. The van der Waals surface area contributed by atoms with Crippen LogP contribution in [-0.4, -0.2) is 40.7 Å². The number of hydrogen-bond donors (Lipinski definition) is 1. The zero-order valence-corrected chi connectivity index (χ0v) is 11.4. The Morgan fingerprint density at radius 2 is 1.94 bits per heavy atom. The van der Waals surface area contributed by atoms with E-state index < -0.39 is 6.04 Å². The first-order valence-corrected chi connectivity index (χ1v) is 6.71. The van der Waals surface area contributed by atoms with Crippen molar-refractivity contribution in [2.24, 2.45) is 0 Å². The topological polar surface area (TPSA) is 49.4 Å². The van der Waals surface area contributed by atoms with Gasteiger partial charge in [-0.25, -0.2) is 0 Å². The lowest BCUT2D eigenvalue weighted by Crippen LogP contribution is -2.47. The summed E-state index contributed by atoms with van der Waals surface area (Å²) in [5.74, 6) is -0.0794. The number of carbonyl (C=O) groups excluding carboxylic acids is 2. The van der Waals surface area contributed by atoms with Crippen LogP contribution in [0.3, 0.4) is 0 Å². The second kappa shape index (κ2) is 6.23. The van der Waals surface area contributed by atoms with Crippen LogP contribution < -0.4 is 5.32 Å². The van der Waals surface area contributed by atoms with Crippen LogP contribution in [0.2, 0.25) is 0 Å². The largest absolute Gasteiger partial charge is 0.344 e. The number of nitrogens with one attached hydrogen (secondary N) is 1. The molecule has 92 valence electrons. The molecule has 1 aliphatic rings. The summed E-state index contributed by atoms with van der Waals surface area (Å²) in [5.41, 5.74) is 0. The first-order valence-electron chi connectivity index (χ1n) is 5.79. The van der Waals surface area contributed by atoms with Gasteiger partial charge in [-0.2, -0.15) is 0 Å². The van der Waals surface area contributed by atoms with Crippen molar-refractivity contribution < 1.29 is 9.59 Å². The van der Waals surface area contributed by atoms with Crippen molar-refractivity contribution in [3.63, 3.8) is 0 Å². The molecule has 0 bridgehead atoms. The van der Waals surface area contributed by atoms with Crippen molar-refractivity contribution in [2.75, 3.05) is 13.1 Å². The van der Waals surface area contributed by atoms with Crippen molar-refractivity contribution in [1.82, 2.24) is 10.2 Å². The van der Waals surface area contributed by atoms with E-state index in [2.05, 4.69) is 21.2 Å². The Labute approximate surface area is 105 Å². The highest BCUT2D eigenvalue weighted by Crippen LogP contribution is 2.10. The Kier molecular flexibility index (Phi) is 5.25.